The summed E-state index contributed by atoms with van der Waals surface area (Å²) in [5.74, 6) is 0.660. The first-order valence-corrected chi connectivity index (χ1v) is 10.9. The molecule has 0 atom stereocenters. The standard InChI is InChI=1S/C20H26F2N4O2S/c21-18(22)13-28-20-25-16-12-26(10-7-17(16)29-20)9-6-14-1-3-15(4-2-14)11-24-19(27)5-8-23/h11,14-15,18H,1-7,9-10,12-13H2. The van der Waals surface area contributed by atoms with E-state index < -0.39 is 13.0 Å². The van der Waals surface area contributed by atoms with Gasteiger partial charge in [0.15, 0.2) is 6.61 Å². The molecule has 6 nitrogen and oxygen atoms in total. The molecule has 0 aromatic carbocycles. The highest BCUT2D eigenvalue weighted by molar-refractivity contribution is 7.13. The van der Waals surface area contributed by atoms with Crippen molar-refractivity contribution in [1.82, 2.24) is 9.88 Å². The van der Waals surface area contributed by atoms with Gasteiger partial charge in [-0.25, -0.2) is 18.8 Å². The average molecular weight is 425 g/mol. The van der Waals surface area contributed by atoms with Gasteiger partial charge in [0.05, 0.1) is 11.8 Å². The van der Waals surface area contributed by atoms with Gasteiger partial charge in [0.25, 0.3) is 17.5 Å². The maximum atomic E-state index is 12.3. The van der Waals surface area contributed by atoms with Gasteiger partial charge >= 0.3 is 0 Å². The first-order chi connectivity index (χ1) is 14.0. The van der Waals surface area contributed by atoms with Gasteiger partial charge in [0, 0.05) is 24.2 Å². The number of thiazole rings is 1. The second kappa shape index (κ2) is 10.7. The Labute approximate surface area is 173 Å². The van der Waals surface area contributed by atoms with Gasteiger partial charge in [-0.15, -0.1) is 0 Å². The Kier molecular flexibility index (Phi) is 8.07. The molecular weight excluding hydrogens is 398 g/mol. The number of ether oxygens (including phenoxy) is 1. The number of nitriles is 1. The van der Waals surface area contributed by atoms with Gasteiger partial charge in [-0.05, 0) is 56.9 Å². The first-order valence-electron chi connectivity index (χ1n) is 10.1. The summed E-state index contributed by atoms with van der Waals surface area (Å²) >= 11 is 1.39. The number of aromatic nitrogens is 1. The number of carbonyl (C=O) groups excluding carboxylic acids is 1. The van der Waals surface area contributed by atoms with E-state index in [4.69, 9.17) is 10.00 Å². The van der Waals surface area contributed by atoms with E-state index in [0.717, 1.165) is 68.7 Å². The van der Waals surface area contributed by atoms with Crippen LogP contribution in [0.4, 0.5) is 8.78 Å². The number of halogens is 2. The molecule has 1 amide bonds. The highest BCUT2D eigenvalue weighted by Gasteiger charge is 2.24. The van der Waals surface area contributed by atoms with E-state index in [1.165, 1.54) is 11.3 Å². The second-order valence-electron chi connectivity index (χ2n) is 7.65. The smallest absolute Gasteiger partial charge is 0.273 e. The molecule has 3 rings (SSSR count). The lowest BCUT2D eigenvalue weighted by atomic mass is 9.81. The molecule has 0 N–H and O–H groups in total. The third-order valence-electron chi connectivity index (χ3n) is 5.52. The molecule has 1 aromatic heterocycles. The van der Waals surface area contributed by atoms with Crippen molar-refractivity contribution >= 4 is 23.5 Å². The fourth-order valence-corrected chi connectivity index (χ4v) is 4.82. The van der Waals surface area contributed by atoms with Crippen molar-refractivity contribution in [3.8, 4) is 11.3 Å². The Balaban J connectivity index is 1.38. The van der Waals surface area contributed by atoms with E-state index in [1.54, 1.807) is 6.21 Å². The Morgan fingerprint density at radius 3 is 2.93 bits per heavy atom. The van der Waals surface area contributed by atoms with Crippen LogP contribution >= 0.6 is 11.3 Å². The van der Waals surface area contributed by atoms with E-state index in [-0.39, 0.29) is 12.3 Å². The number of alkyl halides is 2. The molecule has 29 heavy (non-hydrogen) atoms. The first kappa shape index (κ1) is 21.8. The molecular formula is C20H26F2N4O2S. The van der Waals surface area contributed by atoms with Crippen molar-refractivity contribution in [2.45, 2.75) is 57.9 Å². The fraction of sp³-hybridized carbons (Fsp3) is 0.700. The fourth-order valence-electron chi connectivity index (χ4n) is 3.91. The maximum Gasteiger partial charge on any atom is 0.273 e. The van der Waals surface area contributed by atoms with Crippen LogP contribution in [-0.4, -0.2) is 48.1 Å². The van der Waals surface area contributed by atoms with Crippen molar-refractivity contribution in [2.75, 3.05) is 19.7 Å². The highest BCUT2D eigenvalue weighted by Crippen LogP contribution is 2.32. The van der Waals surface area contributed by atoms with Crippen LogP contribution in [-0.2, 0) is 17.8 Å². The highest BCUT2D eigenvalue weighted by atomic mass is 32.1. The van der Waals surface area contributed by atoms with Crippen LogP contribution in [0, 0.1) is 23.2 Å². The summed E-state index contributed by atoms with van der Waals surface area (Å²) in [5.41, 5.74) is 0.965. The van der Waals surface area contributed by atoms with Crippen LogP contribution in [0.25, 0.3) is 0 Å². The zero-order chi connectivity index (χ0) is 20.6. The minimum atomic E-state index is -2.48. The molecule has 2 heterocycles. The molecule has 9 heteroatoms. The van der Waals surface area contributed by atoms with Gasteiger partial charge < -0.3 is 4.74 Å². The van der Waals surface area contributed by atoms with Crippen LogP contribution in [0.3, 0.4) is 0 Å². The van der Waals surface area contributed by atoms with Crippen LogP contribution in [0.15, 0.2) is 4.99 Å². The van der Waals surface area contributed by atoms with Crippen molar-refractivity contribution in [3.05, 3.63) is 10.6 Å². The van der Waals surface area contributed by atoms with Crippen molar-refractivity contribution in [2.24, 2.45) is 16.8 Å². The molecule has 158 valence electrons. The summed E-state index contributed by atoms with van der Waals surface area (Å²) in [6.07, 6.45) is 5.46. The molecule has 1 aliphatic heterocycles. The number of rotatable bonds is 8. The number of aliphatic imine (C=N–C) groups is 1. The molecule has 0 radical (unpaired) electrons. The Morgan fingerprint density at radius 2 is 2.21 bits per heavy atom. The van der Waals surface area contributed by atoms with Crippen LogP contribution < -0.4 is 4.74 Å². The lowest BCUT2D eigenvalue weighted by Crippen LogP contribution is -2.32. The predicted octanol–water partition coefficient (Wildman–Crippen LogP) is 3.85. The molecule has 1 aromatic rings. The van der Waals surface area contributed by atoms with Gasteiger partial charge in [0.2, 0.25) is 0 Å². The SMILES string of the molecule is N#CCC(=O)N=CC1CCC(CCN2CCc3sc(OCC(F)F)nc3C2)CC1. The summed E-state index contributed by atoms with van der Waals surface area (Å²) < 4.78 is 29.6. The van der Waals surface area contributed by atoms with E-state index in [1.807, 2.05) is 6.07 Å². The summed E-state index contributed by atoms with van der Waals surface area (Å²) in [4.78, 5) is 23.1. The number of hydrogen-bond donors (Lipinski definition) is 0. The topological polar surface area (TPSA) is 78.6 Å². The third-order valence-corrected chi connectivity index (χ3v) is 6.59. The summed E-state index contributed by atoms with van der Waals surface area (Å²) in [6.45, 7) is 2.13. The predicted molar refractivity (Wildman–Crippen MR) is 106 cm³/mol. The summed E-state index contributed by atoms with van der Waals surface area (Å²) in [6, 6.07) is 1.82. The number of fused-ring (bicyclic) bond motifs is 1. The Morgan fingerprint density at radius 1 is 1.41 bits per heavy atom. The van der Waals surface area contributed by atoms with E-state index in [9.17, 15) is 13.6 Å². The third kappa shape index (κ3) is 6.82. The van der Waals surface area contributed by atoms with Gasteiger partial charge in [-0.1, -0.05) is 11.3 Å². The molecule has 0 spiro atoms. The van der Waals surface area contributed by atoms with Crippen molar-refractivity contribution < 1.29 is 18.3 Å². The Bertz CT molecular complexity index is 754. The molecule has 2 aliphatic rings. The lowest BCUT2D eigenvalue weighted by molar-refractivity contribution is -0.116. The molecule has 1 saturated carbocycles. The monoisotopic (exact) mass is 424 g/mol. The van der Waals surface area contributed by atoms with Gasteiger partial charge in [-0.3, -0.25) is 9.69 Å². The van der Waals surface area contributed by atoms with Gasteiger partial charge in [-0.2, -0.15) is 5.26 Å². The minimum Gasteiger partial charge on any atom is -0.464 e. The number of carbonyl (C=O) groups is 1. The molecule has 1 fully saturated rings. The number of hydrogen-bond acceptors (Lipinski definition) is 6. The Hall–Kier alpha value is -1.92. The largest absolute Gasteiger partial charge is 0.464 e. The van der Waals surface area contributed by atoms with Crippen molar-refractivity contribution in [1.29, 1.82) is 5.26 Å². The summed E-state index contributed by atoms with van der Waals surface area (Å²) in [5, 5.41) is 8.84. The quantitative estimate of drug-likeness (QED) is 0.592. The van der Waals surface area contributed by atoms with Crippen molar-refractivity contribution in [3.63, 3.8) is 0 Å². The normalized spacial score (nSPS) is 22.6. The van der Waals surface area contributed by atoms with E-state index in [0.29, 0.717) is 17.0 Å². The van der Waals surface area contributed by atoms with Crippen LogP contribution in [0.1, 0.15) is 49.1 Å². The van der Waals surface area contributed by atoms with Crippen LogP contribution in [0.5, 0.6) is 5.19 Å². The van der Waals surface area contributed by atoms with Gasteiger partial charge in [0.1, 0.15) is 6.42 Å². The molecule has 0 saturated heterocycles. The van der Waals surface area contributed by atoms with E-state index in [2.05, 4.69) is 14.9 Å². The second-order valence-corrected chi connectivity index (χ2v) is 8.70. The lowest BCUT2D eigenvalue weighted by Gasteiger charge is -2.30. The molecule has 0 bridgehead atoms. The minimum absolute atomic E-state index is 0.151. The van der Waals surface area contributed by atoms with Crippen LogP contribution in [0.2, 0.25) is 0 Å². The zero-order valence-electron chi connectivity index (χ0n) is 16.4. The summed E-state index contributed by atoms with van der Waals surface area (Å²) in [7, 11) is 0. The molecule has 0 unspecified atom stereocenters. The number of amides is 1. The van der Waals surface area contributed by atoms with E-state index >= 15 is 0 Å². The average Bonchev–Trinajstić information content (AvgIpc) is 3.12. The zero-order valence-corrected chi connectivity index (χ0v) is 17.2. The maximum absolute atomic E-state index is 12.3. The molecule has 1 aliphatic carbocycles. The number of nitrogens with zero attached hydrogens (tertiary/aromatic N) is 4.